The van der Waals surface area contributed by atoms with Gasteiger partial charge in [0.15, 0.2) is 5.17 Å². The summed E-state index contributed by atoms with van der Waals surface area (Å²) in [6.07, 6.45) is 4.05. The number of hydrogen-bond donors (Lipinski definition) is 2. The number of aryl methyl sites for hydroxylation is 3. The van der Waals surface area contributed by atoms with E-state index in [0.29, 0.717) is 5.17 Å². The molecule has 1 aromatic rings. The standard InChI is InChI=1S/C23H30N4O2S/c1-13-7-15(3)20(16(4)8-13)24-19(28)10-18-21(29)25-22(30-18)27-26-17-9-14(2)11-23(5,6)12-17/h7-9,18H,10-12H2,1-6H3,(H,24,28)(H,25,27,29). The molecule has 1 heterocycles. The SMILES string of the molecule is CC1=CC(=N/N=C2\NC(=O)C(CC(=O)Nc3c(C)cc(C)cc3C)S2)CC(C)(C)C1. The molecule has 6 nitrogen and oxygen atoms in total. The lowest BCUT2D eigenvalue weighted by Crippen LogP contribution is -2.28. The minimum absolute atomic E-state index is 0.0882. The van der Waals surface area contributed by atoms with Crippen molar-refractivity contribution in [3.05, 3.63) is 40.5 Å². The third kappa shape index (κ3) is 5.59. The quantitative estimate of drug-likeness (QED) is 0.688. The monoisotopic (exact) mass is 426 g/mol. The van der Waals surface area contributed by atoms with Crippen molar-refractivity contribution >= 4 is 40.1 Å². The van der Waals surface area contributed by atoms with Crippen LogP contribution in [0.2, 0.25) is 0 Å². The molecule has 2 N–H and O–H groups in total. The van der Waals surface area contributed by atoms with E-state index in [-0.39, 0.29) is 23.7 Å². The summed E-state index contributed by atoms with van der Waals surface area (Å²) in [6.45, 7) is 12.5. The van der Waals surface area contributed by atoms with Gasteiger partial charge in [-0.1, -0.05) is 48.9 Å². The Morgan fingerprint density at radius 2 is 1.83 bits per heavy atom. The van der Waals surface area contributed by atoms with Gasteiger partial charge in [-0.3, -0.25) is 9.59 Å². The van der Waals surface area contributed by atoms with Crippen molar-refractivity contribution in [3.8, 4) is 0 Å². The Bertz CT molecular complexity index is 952. The summed E-state index contributed by atoms with van der Waals surface area (Å²) in [6, 6.07) is 4.07. The lowest BCUT2D eigenvalue weighted by Gasteiger charge is -2.28. The van der Waals surface area contributed by atoms with E-state index >= 15 is 0 Å². The third-order valence-corrected chi connectivity index (χ3v) is 6.26. The fraction of sp³-hybridized carbons (Fsp3) is 0.478. The van der Waals surface area contributed by atoms with E-state index < -0.39 is 5.25 Å². The molecule has 2 aliphatic rings. The van der Waals surface area contributed by atoms with Crippen LogP contribution in [0.25, 0.3) is 0 Å². The van der Waals surface area contributed by atoms with Crippen LogP contribution in [0.1, 0.15) is 56.7 Å². The van der Waals surface area contributed by atoms with Gasteiger partial charge < -0.3 is 10.6 Å². The highest BCUT2D eigenvalue weighted by Crippen LogP contribution is 2.34. The van der Waals surface area contributed by atoms with Crippen LogP contribution < -0.4 is 10.6 Å². The van der Waals surface area contributed by atoms with Gasteiger partial charge in [-0.15, -0.1) is 5.10 Å². The zero-order chi connectivity index (χ0) is 22.1. The summed E-state index contributed by atoms with van der Waals surface area (Å²) < 4.78 is 0. The van der Waals surface area contributed by atoms with Crippen LogP contribution in [0.5, 0.6) is 0 Å². The summed E-state index contributed by atoms with van der Waals surface area (Å²) in [5, 5.41) is 14.2. The minimum Gasteiger partial charge on any atom is -0.326 e. The van der Waals surface area contributed by atoms with Crippen LogP contribution in [-0.2, 0) is 9.59 Å². The lowest BCUT2D eigenvalue weighted by molar-refractivity contribution is -0.122. The van der Waals surface area contributed by atoms with Crippen LogP contribution >= 0.6 is 11.8 Å². The van der Waals surface area contributed by atoms with E-state index in [4.69, 9.17) is 0 Å². The summed E-state index contributed by atoms with van der Waals surface area (Å²) in [4.78, 5) is 24.8. The molecule has 0 bridgehead atoms. The number of benzene rings is 1. The Morgan fingerprint density at radius 1 is 1.17 bits per heavy atom. The first-order chi connectivity index (χ1) is 14.0. The van der Waals surface area contributed by atoms with Gasteiger partial charge in [0.2, 0.25) is 11.8 Å². The fourth-order valence-electron chi connectivity index (χ4n) is 4.19. The van der Waals surface area contributed by atoms with E-state index in [1.54, 1.807) is 0 Å². The van der Waals surface area contributed by atoms with Gasteiger partial charge in [0.25, 0.3) is 0 Å². The second-order valence-electron chi connectivity index (χ2n) is 9.13. The van der Waals surface area contributed by atoms with Gasteiger partial charge >= 0.3 is 0 Å². The van der Waals surface area contributed by atoms with Crippen molar-refractivity contribution in [2.75, 3.05) is 5.32 Å². The molecule has 2 amide bonds. The molecule has 7 heteroatoms. The van der Waals surface area contributed by atoms with E-state index in [2.05, 4.69) is 47.7 Å². The van der Waals surface area contributed by atoms with Crippen molar-refractivity contribution in [1.82, 2.24) is 5.32 Å². The fourth-order valence-corrected chi connectivity index (χ4v) is 5.11. The Balaban J connectivity index is 1.64. The number of amidine groups is 1. The molecular formula is C23H30N4O2S. The molecule has 30 heavy (non-hydrogen) atoms. The minimum atomic E-state index is -0.505. The molecule has 0 spiro atoms. The normalized spacial score (nSPS) is 23.5. The molecule has 0 aromatic heterocycles. The number of rotatable bonds is 4. The summed E-state index contributed by atoms with van der Waals surface area (Å²) in [7, 11) is 0. The maximum Gasteiger partial charge on any atom is 0.240 e. The first kappa shape index (κ1) is 22.3. The second kappa shape index (κ2) is 8.76. The van der Waals surface area contributed by atoms with Gasteiger partial charge in [0.1, 0.15) is 5.25 Å². The zero-order valence-corrected chi connectivity index (χ0v) is 19.4. The van der Waals surface area contributed by atoms with Crippen LogP contribution in [0, 0.1) is 26.2 Å². The van der Waals surface area contributed by atoms with Crippen molar-refractivity contribution in [2.24, 2.45) is 15.6 Å². The molecule has 1 saturated heterocycles. The predicted octanol–water partition coefficient (Wildman–Crippen LogP) is 4.65. The number of nitrogens with zero attached hydrogens (tertiary/aromatic N) is 2. The molecule has 1 aliphatic carbocycles. The highest BCUT2D eigenvalue weighted by atomic mass is 32.2. The van der Waals surface area contributed by atoms with E-state index in [1.165, 1.54) is 17.3 Å². The molecule has 1 aliphatic heterocycles. The number of carbonyl (C=O) groups is 2. The molecule has 1 atom stereocenters. The first-order valence-electron chi connectivity index (χ1n) is 10.2. The Kier molecular flexibility index (Phi) is 6.50. The Hall–Kier alpha value is -2.41. The summed E-state index contributed by atoms with van der Waals surface area (Å²) >= 11 is 1.26. The largest absolute Gasteiger partial charge is 0.326 e. The number of anilines is 1. The average molecular weight is 427 g/mol. The number of thioether (sulfide) groups is 1. The smallest absolute Gasteiger partial charge is 0.240 e. The van der Waals surface area contributed by atoms with Crippen molar-refractivity contribution in [2.45, 2.75) is 66.1 Å². The van der Waals surface area contributed by atoms with Crippen molar-refractivity contribution in [1.29, 1.82) is 0 Å². The van der Waals surface area contributed by atoms with Crippen LogP contribution in [0.15, 0.2) is 34.0 Å². The van der Waals surface area contributed by atoms with Crippen LogP contribution in [-0.4, -0.2) is 27.9 Å². The molecule has 160 valence electrons. The average Bonchev–Trinajstić information content (AvgIpc) is 2.94. The molecule has 1 unspecified atom stereocenters. The number of carbonyl (C=O) groups excluding carboxylic acids is 2. The number of amides is 2. The molecule has 1 aromatic carbocycles. The van der Waals surface area contributed by atoms with E-state index in [1.807, 2.05) is 32.9 Å². The summed E-state index contributed by atoms with van der Waals surface area (Å²) in [5.41, 5.74) is 6.36. The van der Waals surface area contributed by atoms with Gasteiger partial charge in [0.05, 0.1) is 5.71 Å². The van der Waals surface area contributed by atoms with E-state index in [9.17, 15) is 9.59 Å². The predicted molar refractivity (Wildman–Crippen MR) is 125 cm³/mol. The molecule has 0 radical (unpaired) electrons. The number of allylic oxidation sites excluding steroid dienone is 2. The third-order valence-electron chi connectivity index (χ3n) is 5.19. The molecule has 1 fully saturated rings. The van der Waals surface area contributed by atoms with Crippen LogP contribution in [0.3, 0.4) is 0 Å². The van der Waals surface area contributed by atoms with Crippen molar-refractivity contribution < 1.29 is 9.59 Å². The second-order valence-corrected chi connectivity index (χ2v) is 10.3. The lowest BCUT2D eigenvalue weighted by atomic mass is 9.77. The number of hydrogen-bond acceptors (Lipinski definition) is 5. The van der Waals surface area contributed by atoms with E-state index in [0.717, 1.165) is 40.9 Å². The Morgan fingerprint density at radius 3 is 2.47 bits per heavy atom. The van der Waals surface area contributed by atoms with Crippen molar-refractivity contribution in [3.63, 3.8) is 0 Å². The maximum absolute atomic E-state index is 12.5. The van der Waals surface area contributed by atoms with Gasteiger partial charge in [-0.2, -0.15) is 5.10 Å². The highest BCUT2D eigenvalue weighted by molar-refractivity contribution is 8.15. The van der Waals surface area contributed by atoms with Gasteiger partial charge in [-0.05, 0) is 63.2 Å². The topological polar surface area (TPSA) is 82.9 Å². The zero-order valence-electron chi connectivity index (χ0n) is 18.5. The van der Waals surface area contributed by atoms with Crippen LogP contribution in [0.4, 0.5) is 5.69 Å². The maximum atomic E-state index is 12.5. The Labute approximate surface area is 182 Å². The number of nitrogens with one attached hydrogen (secondary N) is 2. The summed E-state index contributed by atoms with van der Waals surface area (Å²) in [5.74, 6) is -0.389. The molecular weight excluding hydrogens is 396 g/mol. The first-order valence-corrected chi connectivity index (χ1v) is 11.1. The molecule has 0 saturated carbocycles. The highest BCUT2D eigenvalue weighted by Gasteiger charge is 2.32. The van der Waals surface area contributed by atoms with Gasteiger partial charge in [-0.25, -0.2) is 0 Å². The molecule has 3 rings (SSSR count). The van der Waals surface area contributed by atoms with Gasteiger partial charge in [0, 0.05) is 12.1 Å².